The highest BCUT2D eigenvalue weighted by Crippen LogP contribution is 3.12. The van der Waals surface area contributed by atoms with Crippen molar-refractivity contribution in [1.82, 2.24) is 0 Å². The molecule has 0 spiro atoms. The van der Waals surface area contributed by atoms with Gasteiger partial charge in [-0.15, -0.1) is 0 Å². The topological polar surface area (TPSA) is 71.1 Å². The summed E-state index contributed by atoms with van der Waals surface area (Å²) in [4.78, 5) is 28.7. The summed E-state index contributed by atoms with van der Waals surface area (Å²) in [5.74, 6) is 3.11. The molecule has 0 N–H and O–H groups in total. The first-order valence-electron chi connectivity index (χ1n) is 13.0. The normalized spacial score (nSPS) is 81.4. The van der Waals surface area contributed by atoms with Gasteiger partial charge in [-0.2, -0.15) is 0 Å². The van der Waals surface area contributed by atoms with Gasteiger partial charge >= 0.3 is 11.9 Å². The third-order valence-corrected chi connectivity index (χ3v) is 21.8. The van der Waals surface area contributed by atoms with E-state index in [1.807, 2.05) is 14.2 Å². The van der Waals surface area contributed by atoms with Crippen molar-refractivity contribution >= 4 is 59.7 Å². The Bertz CT molecular complexity index is 1310. The van der Waals surface area contributed by atoms with Crippen LogP contribution in [0.3, 0.4) is 0 Å². The summed E-state index contributed by atoms with van der Waals surface area (Å²) in [6, 6.07) is 0. The lowest BCUT2D eigenvalue weighted by Gasteiger charge is -2.51. The van der Waals surface area contributed by atoms with E-state index in [0.717, 1.165) is 0 Å². The van der Waals surface area contributed by atoms with Crippen LogP contribution in [-0.4, -0.2) is 64.6 Å². The number of rotatable bonds is 4. The van der Waals surface area contributed by atoms with Gasteiger partial charge in [0.1, 0.15) is 16.4 Å². The number of methoxy groups -OCH3 is 4. The lowest BCUT2D eigenvalue weighted by atomic mass is 9.59. The molecular weight excluding hydrogens is 648 g/mol. The minimum Gasteiger partial charge on any atom is -0.468 e. The van der Waals surface area contributed by atoms with E-state index in [1.54, 1.807) is 14.2 Å². The molecule has 12 fully saturated rings. The highest BCUT2D eigenvalue weighted by Gasteiger charge is 3.19. The number of esters is 2. The van der Waals surface area contributed by atoms with Crippen LogP contribution in [0.25, 0.3) is 0 Å². The highest BCUT2D eigenvalue weighted by molar-refractivity contribution is 9.14. The van der Waals surface area contributed by atoms with Crippen LogP contribution in [0.1, 0.15) is 0 Å². The van der Waals surface area contributed by atoms with Crippen molar-refractivity contribution in [2.75, 3.05) is 28.4 Å². The highest BCUT2D eigenvalue weighted by atomic mass is 79.9. The van der Waals surface area contributed by atoms with Gasteiger partial charge in [0, 0.05) is 20.1 Å². The molecule has 12 rings (SSSR count). The largest absolute Gasteiger partial charge is 0.468 e. The maximum absolute atomic E-state index is 14.4. The standard InChI is InChI=1S/C26H25Br3O6/c1-32-18(30)20-10-5-6-11-7(10)8-15(20)22(27)17-14-9(12(5)23(17,20)34-3)13(6)26(35-4)21(11,19(31)33-2)16(8)25(22,29)24(14,26)28/h5-17H,1-4H3/t5-,6+,7-,8-,9-,10-,11+,12+,13+,14-,15-,16-,17+,20-,21+,22-,23-,24+,25-,26-/m1/s1. The summed E-state index contributed by atoms with van der Waals surface area (Å²) in [7, 11) is 6.85. The molecule has 0 heterocycles. The maximum Gasteiger partial charge on any atom is 0.315 e. The van der Waals surface area contributed by atoms with Crippen LogP contribution in [0, 0.1) is 87.8 Å². The molecule has 9 heteroatoms. The van der Waals surface area contributed by atoms with Crippen LogP contribution in [0.5, 0.6) is 0 Å². The van der Waals surface area contributed by atoms with E-state index >= 15 is 0 Å². The molecule has 0 amide bonds. The monoisotopic (exact) mass is 670 g/mol. The third-order valence-electron chi connectivity index (χ3n) is 15.6. The molecule has 0 aromatic carbocycles. The molecule has 0 aromatic heterocycles. The van der Waals surface area contributed by atoms with Crippen molar-refractivity contribution in [2.24, 2.45) is 87.8 Å². The molecule has 0 aliphatic heterocycles. The van der Waals surface area contributed by atoms with E-state index in [1.165, 1.54) is 0 Å². The lowest BCUT2D eigenvalue weighted by molar-refractivity contribution is -0.199. The lowest BCUT2D eigenvalue weighted by Crippen LogP contribution is -2.65. The molecule has 35 heavy (non-hydrogen) atoms. The van der Waals surface area contributed by atoms with Crippen molar-refractivity contribution in [1.29, 1.82) is 0 Å². The molecule has 0 saturated heterocycles. The Kier molecular flexibility index (Phi) is 2.64. The second-order valence-corrected chi connectivity index (χ2v) is 17.6. The smallest absolute Gasteiger partial charge is 0.315 e. The molecule has 6 nitrogen and oxygen atoms in total. The summed E-state index contributed by atoms with van der Waals surface area (Å²) >= 11 is 13.5. The Balaban J connectivity index is 1.41. The number of halogens is 3. The number of hydrogen-bond donors (Lipinski definition) is 0. The quantitative estimate of drug-likeness (QED) is 0.338. The summed E-state index contributed by atoms with van der Waals surface area (Å²) in [5.41, 5.74) is -2.47. The zero-order chi connectivity index (χ0) is 24.0. The fourth-order valence-corrected chi connectivity index (χ4v) is 23.0. The van der Waals surface area contributed by atoms with Gasteiger partial charge in [-0.25, -0.2) is 0 Å². The van der Waals surface area contributed by atoms with Gasteiger partial charge in [0.25, 0.3) is 0 Å². The SMILES string of the molecule is COC(=O)[C@@]12[C@H]3[C@H]4[C@H]5[C@@H]6[C@]7(C(=O)OC)[C@H]4[C@@H]4[C@H]3[C@H]3[C@H]8[C@@H]9[C@@H]([C@](Br)([C@H]51)[C@@]6(Br)[C@]9(Br)[C@@]7(OC)[C@@H]48)[C@]32OC. The second kappa shape index (κ2) is 4.56. The second-order valence-electron chi connectivity index (χ2n) is 13.8. The minimum absolute atomic E-state index is 0.0431. The summed E-state index contributed by atoms with van der Waals surface area (Å²) < 4.78 is 24.0. The van der Waals surface area contributed by atoms with Gasteiger partial charge in [-0.3, -0.25) is 9.59 Å². The Hall–Kier alpha value is 0.300. The minimum atomic E-state index is -0.690. The van der Waals surface area contributed by atoms with Gasteiger partial charge < -0.3 is 18.9 Å². The average Bonchev–Trinajstić information content (AvgIpc) is 3.67. The van der Waals surface area contributed by atoms with Crippen molar-refractivity contribution < 1.29 is 28.5 Å². The Morgan fingerprint density at radius 2 is 1.20 bits per heavy atom. The Labute approximate surface area is 227 Å². The Morgan fingerprint density at radius 1 is 0.600 bits per heavy atom. The summed E-state index contributed by atoms with van der Waals surface area (Å²) in [6.07, 6.45) is 0. The van der Waals surface area contributed by atoms with Crippen molar-refractivity contribution in [3.63, 3.8) is 0 Å². The predicted octanol–water partition coefficient (Wildman–Crippen LogP) is 2.64. The van der Waals surface area contributed by atoms with E-state index in [0.29, 0.717) is 29.6 Å². The van der Waals surface area contributed by atoms with Crippen LogP contribution >= 0.6 is 47.8 Å². The van der Waals surface area contributed by atoms with Gasteiger partial charge in [-0.05, 0) is 71.0 Å². The van der Waals surface area contributed by atoms with Crippen molar-refractivity contribution in [3.8, 4) is 0 Å². The molecule has 0 radical (unpaired) electrons. The molecular formula is C26H25Br3O6. The van der Waals surface area contributed by atoms with Crippen molar-refractivity contribution in [3.05, 3.63) is 0 Å². The number of carbonyl (C=O) groups is 2. The number of ether oxygens (including phenoxy) is 4. The van der Waals surface area contributed by atoms with Crippen molar-refractivity contribution in [2.45, 2.75) is 24.2 Å². The first kappa shape index (κ1) is 20.2. The first-order chi connectivity index (χ1) is 16.7. The van der Waals surface area contributed by atoms with E-state index in [9.17, 15) is 9.59 Å². The zero-order valence-corrected chi connectivity index (χ0v) is 24.3. The first-order valence-corrected chi connectivity index (χ1v) is 15.4. The molecule has 20 atom stereocenters. The summed E-state index contributed by atoms with van der Waals surface area (Å²) in [6.45, 7) is 0. The van der Waals surface area contributed by atoms with E-state index in [-0.39, 0.29) is 59.3 Å². The number of carbonyl (C=O) groups excluding carboxylic acids is 2. The van der Waals surface area contributed by atoms with Crippen LogP contribution < -0.4 is 0 Å². The fourth-order valence-electron chi connectivity index (χ4n) is 17.3. The Morgan fingerprint density at radius 3 is 1.83 bits per heavy atom. The third kappa shape index (κ3) is 0.999. The molecule has 0 bridgehead atoms. The van der Waals surface area contributed by atoms with Crippen LogP contribution in [-0.2, 0) is 28.5 Å². The van der Waals surface area contributed by atoms with Crippen LogP contribution in [0.2, 0.25) is 0 Å². The van der Waals surface area contributed by atoms with Gasteiger partial charge in [0.05, 0.1) is 32.8 Å². The van der Waals surface area contributed by atoms with E-state index in [2.05, 4.69) is 47.8 Å². The molecule has 12 saturated carbocycles. The fraction of sp³-hybridized carbons (Fsp3) is 0.923. The average molecular weight is 673 g/mol. The molecule has 186 valence electrons. The van der Waals surface area contributed by atoms with Crippen LogP contribution in [0.15, 0.2) is 0 Å². The molecule has 12 aliphatic carbocycles. The zero-order valence-electron chi connectivity index (χ0n) is 19.6. The van der Waals surface area contributed by atoms with Crippen LogP contribution in [0.4, 0.5) is 0 Å². The summed E-state index contributed by atoms with van der Waals surface area (Å²) in [5, 5.41) is 0. The maximum atomic E-state index is 14.4. The number of hydrogen-bond acceptors (Lipinski definition) is 6. The molecule has 0 aromatic rings. The van der Waals surface area contributed by atoms with Gasteiger partial charge in [0.2, 0.25) is 0 Å². The van der Waals surface area contributed by atoms with Gasteiger partial charge in [-0.1, -0.05) is 47.8 Å². The van der Waals surface area contributed by atoms with E-state index in [4.69, 9.17) is 18.9 Å². The predicted molar refractivity (Wildman–Crippen MR) is 129 cm³/mol. The molecule has 0 unspecified atom stereocenters. The molecule has 12 aliphatic rings. The van der Waals surface area contributed by atoms with E-state index < -0.39 is 35.0 Å². The van der Waals surface area contributed by atoms with Gasteiger partial charge in [0.15, 0.2) is 0 Å². The number of alkyl halides is 3.